The third-order valence-corrected chi connectivity index (χ3v) is 5.46. The number of hydrogen-bond acceptors (Lipinski definition) is 8. The smallest absolute Gasteiger partial charge is 0.475 e. The maximum atomic E-state index is 10.6. The van der Waals surface area contributed by atoms with Crippen molar-refractivity contribution in [3.05, 3.63) is 36.3 Å². The predicted octanol–water partition coefficient (Wildman–Crippen LogP) is 3.09. The first-order valence-corrected chi connectivity index (χ1v) is 11.6. The number of hydrogen-bond donors (Lipinski definition) is 2. The highest BCUT2D eigenvalue weighted by Gasteiger charge is 2.45. The molecule has 17 heteroatoms. The third-order valence-electron chi connectivity index (χ3n) is 5.46. The number of carboxylic acid groups (broad SMARTS) is 2. The fourth-order valence-electron chi connectivity index (χ4n) is 3.76. The summed E-state index contributed by atoms with van der Waals surface area (Å²) in [5.41, 5.74) is 0.936. The lowest BCUT2D eigenvalue weighted by Crippen LogP contribution is -2.42. The molecule has 0 radical (unpaired) electrons. The van der Waals surface area contributed by atoms with Crippen molar-refractivity contribution in [3.63, 3.8) is 0 Å². The molecule has 11 nitrogen and oxygen atoms in total. The number of anilines is 1. The lowest BCUT2D eigenvalue weighted by atomic mass is 10.0. The first-order chi connectivity index (χ1) is 18.2. The lowest BCUT2D eigenvalue weighted by Gasteiger charge is -2.32. The minimum absolute atomic E-state index is 0.0889. The van der Waals surface area contributed by atoms with E-state index in [4.69, 9.17) is 29.3 Å². The van der Waals surface area contributed by atoms with Crippen LogP contribution in [0.1, 0.15) is 25.0 Å². The van der Waals surface area contributed by atoms with E-state index in [0.29, 0.717) is 12.6 Å². The van der Waals surface area contributed by atoms with Crippen molar-refractivity contribution in [1.29, 1.82) is 0 Å². The molecule has 2 aliphatic heterocycles. The summed E-state index contributed by atoms with van der Waals surface area (Å²) in [4.78, 5) is 20.1. The fourth-order valence-corrected chi connectivity index (χ4v) is 3.76. The van der Waals surface area contributed by atoms with Crippen molar-refractivity contribution in [1.82, 2.24) is 20.0 Å². The van der Waals surface area contributed by atoms with Gasteiger partial charge in [-0.2, -0.15) is 36.5 Å². The summed E-state index contributed by atoms with van der Waals surface area (Å²) in [6.45, 7) is 5.18. The van der Waals surface area contributed by atoms with Crippen LogP contribution in [-0.4, -0.2) is 92.5 Å². The zero-order valence-electron chi connectivity index (χ0n) is 20.6. The van der Waals surface area contributed by atoms with E-state index in [1.54, 1.807) is 6.20 Å². The second kappa shape index (κ2) is 14.1. The molecule has 2 N–H and O–H groups in total. The third kappa shape index (κ3) is 10.3. The summed E-state index contributed by atoms with van der Waals surface area (Å²) in [6, 6.07) is 6.34. The van der Waals surface area contributed by atoms with Gasteiger partial charge in [-0.25, -0.2) is 9.59 Å². The molecule has 0 unspecified atom stereocenters. The summed E-state index contributed by atoms with van der Waals surface area (Å²) in [5, 5.41) is 27.0. The maximum absolute atomic E-state index is 10.6. The number of ether oxygens (including phenoxy) is 2. The Morgan fingerprint density at radius 2 is 1.74 bits per heavy atom. The fraction of sp³-hybridized carbons (Fsp3) is 0.591. The Kier molecular flexibility index (Phi) is 11.5. The number of halogens is 6. The molecule has 4 heterocycles. The van der Waals surface area contributed by atoms with Gasteiger partial charge in [-0.05, 0) is 44.4 Å². The van der Waals surface area contributed by atoms with Crippen LogP contribution in [0.25, 0.3) is 0 Å². The molecule has 218 valence electrons. The van der Waals surface area contributed by atoms with Crippen molar-refractivity contribution in [2.45, 2.75) is 63.3 Å². The van der Waals surface area contributed by atoms with Crippen LogP contribution in [0, 0.1) is 6.92 Å². The summed E-state index contributed by atoms with van der Waals surface area (Å²) >= 11 is 0. The van der Waals surface area contributed by atoms with Gasteiger partial charge >= 0.3 is 24.3 Å². The largest absolute Gasteiger partial charge is 0.490 e. The molecular formula is C22H27F6N5O6. The summed E-state index contributed by atoms with van der Waals surface area (Å²) in [7, 11) is 0. The molecule has 2 aliphatic rings. The van der Waals surface area contributed by atoms with Gasteiger partial charge in [0.1, 0.15) is 12.2 Å². The quantitative estimate of drug-likeness (QED) is 0.393. The standard InChI is InChI=1S/C18H25N5O2.2C2HF3O2/c1-14-6-7-17(21-20-14)23-13-16(18-15(23)5-2-11-25-18)24-12-4-10-22-9-3-8-19-22;2*3-2(4,5)1(6)7/h3,6-9,15-16,18H,2,4-5,10-13H2,1H3;2*(H,6,7)/t15-,16+,18+;;/m1../s1. The van der Waals surface area contributed by atoms with Crippen LogP contribution < -0.4 is 4.90 Å². The van der Waals surface area contributed by atoms with Crippen LogP contribution >= 0.6 is 0 Å². The van der Waals surface area contributed by atoms with E-state index >= 15 is 0 Å². The minimum atomic E-state index is -5.08. The normalized spacial score (nSPS) is 20.7. The molecule has 2 fully saturated rings. The van der Waals surface area contributed by atoms with Gasteiger partial charge in [-0.15, -0.1) is 5.10 Å². The zero-order valence-corrected chi connectivity index (χ0v) is 20.6. The Bertz CT molecular complexity index is 1010. The molecule has 0 bridgehead atoms. The van der Waals surface area contributed by atoms with Gasteiger partial charge < -0.3 is 24.6 Å². The number of alkyl halides is 6. The molecule has 2 aromatic heterocycles. The number of carbonyl (C=O) groups is 2. The Morgan fingerprint density at radius 1 is 1.10 bits per heavy atom. The molecule has 0 aromatic carbocycles. The van der Waals surface area contributed by atoms with Crippen molar-refractivity contribution >= 4 is 17.8 Å². The Balaban J connectivity index is 0.000000317. The van der Waals surface area contributed by atoms with Crippen LogP contribution in [-0.2, 0) is 25.6 Å². The predicted molar refractivity (Wildman–Crippen MR) is 121 cm³/mol. The average molecular weight is 571 g/mol. The molecular weight excluding hydrogens is 544 g/mol. The van der Waals surface area contributed by atoms with Crippen LogP contribution in [0.3, 0.4) is 0 Å². The molecule has 39 heavy (non-hydrogen) atoms. The highest BCUT2D eigenvalue weighted by Crippen LogP contribution is 2.33. The van der Waals surface area contributed by atoms with E-state index in [0.717, 1.165) is 50.5 Å². The number of fused-ring (bicyclic) bond motifs is 1. The second-order valence-electron chi connectivity index (χ2n) is 8.37. The van der Waals surface area contributed by atoms with Crippen LogP contribution in [0.15, 0.2) is 30.6 Å². The Hall–Kier alpha value is -3.47. The molecule has 2 aromatic rings. The number of rotatable bonds is 6. The van der Waals surface area contributed by atoms with Crippen LogP contribution in [0.2, 0.25) is 0 Å². The van der Waals surface area contributed by atoms with E-state index in [9.17, 15) is 26.3 Å². The first-order valence-electron chi connectivity index (χ1n) is 11.6. The first kappa shape index (κ1) is 31.7. The molecule has 0 spiro atoms. The van der Waals surface area contributed by atoms with E-state index in [2.05, 4.69) is 20.2 Å². The van der Waals surface area contributed by atoms with Crippen LogP contribution in [0.5, 0.6) is 0 Å². The maximum Gasteiger partial charge on any atom is 0.490 e. The summed E-state index contributed by atoms with van der Waals surface area (Å²) in [5.74, 6) is -4.59. The number of aryl methyl sites for hydroxylation is 2. The average Bonchev–Trinajstić information content (AvgIpc) is 3.50. The summed E-state index contributed by atoms with van der Waals surface area (Å²) < 4.78 is 77.7. The number of aromatic nitrogens is 4. The van der Waals surface area contributed by atoms with Crippen molar-refractivity contribution in [3.8, 4) is 0 Å². The Morgan fingerprint density at radius 3 is 2.26 bits per heavy atom. The highest BCUT2D eigenvalue weighted by atomic mass is 19.4. The Labute approximate surface area is 218 Å². The van der Waals surface area contributed by atoms with Gasteiger partial charge in [0, 0.05) is 38.7 Å². The van der Waals surface area contributed by atoms with E-state index in [-0.39, 0.29) is 12.2 Å². The van der Waals surface area contributed by atoms with E-state index < -0.39 is 24.3 Å². The van der Waals surface area contributed by atoms with E-state index in [1.165, 1.54) is 0 Å². The van der Waals surface area contributed by atoms with Gasteiger partial charge in [0.15, 0.2) is 5.82 Å². The van der Waals surface area contributed by atoms with Crippen molar-refractivity contribution in [2.75, 3.05) is 24.7 Å². The molecule has 3 atom stereocenters. The molecule has 0 amide bonds. The van der Waals surface area contributed by atoms with Crippen molar-refractivity contribution in [2.24, 2.45) is 0 Å². The number of carboxylic acids is 2. The van der Waals surface area contributed by atoms with Crippen molar-refractivity contribution < 1.29 is 55.6 Å². The lowest BCUT2D eigenvalue weighted by molar-refractivity contribution is -0.193. The van der Waals surface area contributed by atoms with Crippen LogP contribution in [0.4, 0.5) is 32.2 Å². The number of aliphatic carboxylic acids is 2. The molecule has 0 saturated carbocycles. The molecule has 4 rings (SSSR count). The highest BCUT2D eigenvalue weighted by molar-refractivity contribution is 5.73. The van der Waals surface area contributed by atoms with Gasteiger partial charge in [-0.1, -0.05) is 0 Å². The monoisotopic (exact) mass is 571 g/mol. The van der Waals surface area contributed by atoms with Gasteiger partial charge in [0.05, 0.1) is 11.7 Å². The summed E-state index contributed by atoms with van der Waals surface area (Å²) in [6.07, 6.45) is -3.02. The van der Waals surface area contributed by atoms with E-state index in [1.807, 2.05) is 36.0 Å². The molecule has 0 aliphatic carbocycles. The van der Waals surface area contributed by atoms with Gasteiger partial charge in [0.25, 0.3) is 0 Å². The SMILES string of the molecule is Cc1ccc(N2C[C@H](OCCCn3cccn3)[C@H]3OCCC[C@H]32)nn1.O=C(O)C(F)(F)F.O=C(O)C(F)(F)F. The topological polar surface area (TPSA) is 140 Å². The van der Waals surface area contributed by atoms with Gasteiger partial charge in [-0.3, -0.25) is 4.68 Å². The number of nitrogens with zero attached hydrogens (tertiary/aromatic N) is 5. The zero-order chi connectivity index (χ0) is 29.2. The molecule has 2 saturated heterocycles. The second-order valence-corrected chi connectivity index (χ2v) is 8.37. The van der Waals surface area contributed by atoms with Gasteiger partial charge in [0.2, 0.25) is 0 Å². The minimum Gasteiger partial charge on any atom is -0.475 e.